The topological polar surface area (TPSA) is 74.3 Å². The highest BCUT2D eigenvalue weighted by Crippen LogP contribution is 2.18. The largest absolute Gasteiger partial charge is 0.403 e. The zero-order valence-electron chi connectivity index (χ0n) is 13.4. The monoisotopic (exact) mass is 286 g/mol. The van der Waals surface area contributed by atoms with Crippen LogP contribution in [-0.4, -0.2) is 19.0 Å². The van der Waals surface area contributed by atoms with E-state index in [0.29, 0.717) is 0 Å². The molecule has 0 spiro atoms. The van der Waals surface area contributed by atoms with E-state index < -0.39 is 0 Å². The van der Waals surface area contributed by atoms with Crippen LogP contribution in [0.25, 0.3) is 0 Å². The quantitative estimate of drug-likeness (QED) is 0.699. The molecular formula is C17H26N4. The molecular weight excluding hydrogens is 260 g/mol. The van der Waals surface area contributed by atoms with Gasteiger partial charge in [0.25, 0.3) is 0 Å². The smallest absolute Gasteiger partial charge is 0.0723 e. The van der Waals surface area contributed by atoms with E-state index in [4.69, 9.17) is 11.1 Å². The van der Waals surface area contributed by atoms with Gasteiger partial charge in [-0.2, -0.15) is 0 Å². The Balaban J connectivity index is 2.89. The van der Waals surface area contributed by atoms with Gasteiger partial charge < -0.3 is 16.5 Å². The van der Waals surface area contributed by atoms with Crippen LogP contribution in [0.2, 0.25) is 0 Å². The summed E-state index contributed by atoms with van der Waals surface area (Å²) in [6.07, 6.45) is 5.53. The summed E-state index contributed by atoms with van der Waals surface area (Å²) in [7, 11) is 0. The van der Waals surface area contributed by atoms with Gasteiger partial charge in [0, 0.05) is 36.4 Å². The van der Waals surface area contributed by atoms with Crippen LogP contribution < -0.4 is 11.1 Å². The Morgan fingerprint density at radius 2 is 2.10 bits per heavy atom. The van der Waals surface area contributed by atoms with Gasteiger partial charge in [0.05, 0.1) is 5.70 Å². The molecule has 1 rings (SSSR count). The maximum Gasteiger partial charge on any atom is 0.0723 e. The molecule has 0 saturated heterocycles. The van der Waals surface area contributed by atoms with Gasteiger partial charge in [-0.3, -0.25) is 4.99 Å². The summed E-state index contributed by atoms with van der Waals surface area (Å²) in [5, 5.41) is 10.7. The second-order valence-corrected chi connectivity index (χ2v) is 6.20. The highest BCUT2D eigenvalue weighted by molar-refractivity contribution is 5.90. The standard InChI is InChI=1S/C17H26N4/c1-5-13-6-7-14(9-18)16(8-13)21-15(10-19)11-20-12-17(2,3)4/h6-11,18,21H,5,12,19H2,1-4H3/b15-10+,18-9?,20-11?. The van der Waals surface area contributed by atoms with Crippen molar-refractivity contribution in [1.82, 2.24) is 0 Å². The van der Waals surface area contributed by atoms with Crippen molar-refractivity contribution in [3.63, 3.8) is 0 Å². The summed E-state index contributed by atoms with van der Waals surface area (Å²) in [6, 6.07) is 6.02. The molecule has 0 aliphatic carbocycles. The minimum absolute atomic E-state index is 0.151. The van der Waals surface area contributed by atoms with Crippen LogP contribution in [0.5, 0.6) is 0 Å². The van der Waals surface area contributed by atoms with E-state index in [1.54, 1.807) is 6.21 Å². The van der Waals surface area contributed by atoms with Gasteiger partial charge in [-0.1, -0.05) is 39.8 Å². The molecule has 4 nitrogen and oxygen atoms in total. The maximum absolute atomic E-state index is 7.48. The minimum atomic E-state index is 0.151. The maximum atomic E-state index is 7.48. The number of hydrogen-bond donors (Lipinski definition) is 3. The molecule has 0 bridgehead atoms. The fraction of sp³-hybridized carbons (Fsp3) is 0.412. The van der Waals surface area contributed by atoms with Gasteiger partial charge in [-0.25, -0.2) is 0 Å². The highest BCUT2D eigenvalue weighted by atomic mass is 14.9. The van der Waals surface area contributed by atoms with Gasteiger partial charge in [0.15, 0.2) is 0 Å². The van der Waals surface area contributed by atoms with Crippen LogP contribution in [-0.2, 0) is 6.42 Å². The number of aliphatic imine (C=N–C) groups is 1. The van der Waals surface area contributed by atoms with E-state index in [1.807, 2.05) is 18.2 Å². The molecule has 0 amide bonds. The van der Waals surface area contributed by atoms with Crippen LogP contribution in [0.1, 0.15) is 38.8 Å². The van der Waals surface area contributed by atoms with Crippen molar-refractivity contribution in [3.8, 4) is 0 Å². The molecule has 1 aromatic rings. The molecule has 1 aromatic carbocycles. The van der Waals surface area contributed by atoms with Crippen molar-refractivity contribution < 1.29 is 0 Å². The van der Waals surface area contributed by atoms with E-state index in [9.17, 15) is 0 Å². The number of benzene rings is 1. The van der Waals surface area contributed by atoms with Crippen molar-refractivity contribution in [2.75, 3.05) is 11.9 Å². The van der Waals surface area contributed by atoms with Crippen LogP contribution in [0.3, 0.4) is 0 Å². The molecule has 4 heteroatoms. The van der Waals surface area contributed by atoms with Gasteiger partial charge in [0.2, 0.25) is 0 Å². The third kappa shape index (κ3) is 5.81. The SMILES string of the molecule is CCc1ccc(C=N)c(N/C(C=NCC(C)(C)C)=C/N)c1. The second-order valence-electron chi connectivity index (χ2n) is 6.20. The molecule has 0 saturated carbocycles. The second kappa shape index (κ2) is 7.62. The van der Waals surface area contributed by atoms with Crippen molar-refractivity contribution in [2.45, 2.75) is 34.1 Å². The normalized spacial score (nSPS) is 12.7. The van der Waals surface area contributed by atoms with Gasteiger partial charge in [-0.15, -0.1) is 0 Å². The Bertz CT molecular complexity index is 536. The van der Waals surface area contributed by atoms with Crippen molar-refractivity contribution in [2.24, 2.45) is 16.1 Å². The predicted molar refractivity (Wildman–Crippen MR) is 92.4 cm³/mol. The van der Waals surface area contributed by atoms with Crippen molar-refractivity contribution in [3.05, 3.63) is 41.2 Å². The van der Waals surface area contributed by atoms with Gasteiger partial charge >= 0.3 is 0 Å². The Morgan fingerprint density at radius 1 is 1.38 bits per heavy atom. The summed E-state index contributed by atoms with van der Waals surface area (Å²) in [6.45, 7) is 9.26. The first-order valence-corrected chi connectivity index (χ1v) is 7.21. The first kappa shape index (κ1) is 17.0. The predicted octanol–water partition coefficient (Wildman–Crippen LogP) is 3.58. The number of anilines is 1. The van der Waals surface area contributed by atoms with Crippen LogP contribution in [0.4, 0.5) is 5.69 Å². The van der Waals surface area contributed by atoms with Gasteiger partial charge in [-0.05, 0) is 23.5 Å². The van der Waals surface area contributed by atoms with E-state index in [1.165, 1.54) is 18.0 Å². The highest BCUT2D eigenvalue weighted by Gasteiger charge is 2.08. The van der Waals surface area contributed by atoms with E-state index in [2.05, 4.69) is 38.0 Å². The number of aryl methyl sites for hydroxylation is 1. The Labute approximate surface area is 127 Å². The number of nitrogens with zero attached hydrogens (tertiary/aromatic N) is 1. The first-order valence-electron chi connectivity index (χ1n) is 7.21. The average Bonchev–Trinajstić information content (AvgIpc) is 2.44. The lowest BCUT2D eigenvalue weighted by molar-refractivity contribution is 0.430. The zero-order chi connectivity index (χ0) is 15.9. The molecule has 0 fully saturated rings. The molecule has 0 unspecified atom stereocenters. The molecule has 0 aliphatic heterocycles. The zero-order valence-corrected chi connectivity index (χ0v) is 13.4. The molecule has 0 atom stereocenters. The molecule has 0 aromatic heterocycles. The number of allylic oxidation sites excluding steroid dienone is 1. The third-order valence-corrected chi connectivity index (χ3v) is 2.94. The lowest BCUT2D eigenvalue weighted by atomic mass is 9.97. The summed E-state index contributed by atoms with van der Waals surface area (Å²) in [5.74, 6) is 0. The summed E-state index contributed by atoms with van der Waals surface area (Å²) < 4.78 is 0. The molecule has 114 valence electrons. The molecule has 4 N–H and O–H groups in total. The van der Waals surface area contributed by atoms with Crippen LogP contribution in [0, 0.1) is 10.8 Å². The van der Waals surface area contributed by atoms with Crippen molar-refractivity contribution >= 4 is 18.1 Å². The number of rotatable bonds is 6. The van der Waals surface area contributed by atoms with E-state index in [0.717, 1.165) is 29.9 Å². The average molecular weight is 286 g/mol. The van der Waals surface area contributed by atoms with Crippen LogP contribution >= 0.6 is 0 Å². The molecule has 0 radical (unpaired) electrons. The van der Waals surface area contributed by atoms with E-state index >= 15 is 0 Å². The fourth-order valence-corrected chi connectivity index (χ4v) is 1.75. The fourth-order valence-electron chi connectivity index (χ4n) is 1.75. The van der Waals surface area contributed by atoms with Crippen molar-refractivity contribution in [1.29, 1.82) is 5.41 Å². The Kier molecular flexibility index (Phi) is 6.15. The number of nitrogens with two attached hydrogens (primary N) is 1. The molecule has 0 aliphatic rings. The summed E-state index contributed by atoms with van der Waals surface area (Å²) in [4.78, 5) is 4.42. The lowest BCUT2D eigenvalue weighted by Gasteiger charge is -2.15. The summed E-state index contributed by atoms with van der Waals surface area (Å²) >= 11 is 0. The van der Waals surface area contributed by atoms with Gasteiger partial charge in [0.1, 0.15) is 0 Å². The third-order valence-electron chi connectivity index (χ3n) is 2.94. The molecule has 0 heterocycles. The van der Waals surface area contributed by atoms with Crippen LogP contribution in [0.15, 0.2) is 35.1 Å². The lowest BCUT2D eigenvalue weighted by Crippen LogP contribution is -2.11. The Hall–Kier alpha value is -2.10. The Morgan fingerprint density at radius 3 is 2.62 bits per heavy atom. The minimum Gasteiger partial charge on any atom is -0.403 e. The first-order chi connectivity index (χ1) is 9.89. The number of hydrogen-bond acceptors (Lipinski definition) is 4. The number of nitrogens with one attached hydrogen (secondary N) is 2. The summed E-state index contributed by atoms with van der Waals surface area (Å²) in [5.41, 5.74) is 9.46. The molecule has 21 heavy (non-hydrogen) atoms. The van der Waals surface area contributed by atoms with E-state index in [-0.39, 0.29) is 5.41 Å².